The van der Waals surface area contributed by atoms with Crippen molar-refractivity contribution in [2.75, 3.05) is 52.6 Å². The van der Waals surface area contributed by atoms with Gasteiger partial charge in [-0.3, -0.25) is 34.2 Å². The third-order valence-corrected chi connectivity index (χ3v) is 14.7. The molecule has 398 valence electrons. The highest BCUT2D eigenvalue weighted by molar-refractivity contribution is 6.13. The monoisotopic (exact) mass is 1050 g/mol. The molecule has 2 aliphatic heterocycles. The van der Waals surface area contributed by atoms with Crippen LogP contribution >= 0.6 is 11.8 Å². The highest BCUT2D eigenvalue weighted by Gasteiger charge is 2.28. The molecule has 0 spiro atoms. The minimum absolute atomic E-state index is 0.0688. The molecule has 2 unspecified atom stereocenters. The van der Waals surface area contributed by atoms with Gasteiger partial charge in [0, 0.05) is 150 Å². The number of aromatic nitrogens is 6. The van der Waals surface area contributed by atoms with Crippen LogP contribution in [0.4, 0.5) is 0 Å². The molecule has 2 saturated heterocycles. The summed E-state index contributed by atoms with van der Waals surface area (Å²) < 4.78 is 15.4. The van der Waals surface area contributed by atoms with Crippen molar-refractivity contribution in [2.24, 2.45) is 0 Å². The van der Waals surface area contributed by atoms with Gasteiger partial charge in [-0.05, 0) is 161 Å². The minimum Gasteiger partial charge on any atom is -0.478 e. The van der Waals surface area contributed by atoms with Crippen LogP contribution in [0.15, 0.2) is 107 Å². The Bertz CT molecular complexity index is 3470. The molecule has 5 N–H and O–H groups in total. The fraction of sp³-hybridized carbons (Fsp3) is 0.345. The lowest BCUT2D eigenvalue weighted by atomic mass is 10.0. The largest absolute Gasteiger partial charge is 0.478 e. The summed E-state index contributed by atoms with van der Waals surface area (Å²) in [6.07, 6.45) is 11.3. The second-order valence-electron chi connectivity index (χ2n) is 19.5. The number of morpholine rings is 2. The molecular formula is C58H67ClN10O7. The van der Waals surface area contributed by atoms with Gasteiger partial charge in [0.1, 0.15) is 0 Å². The standard InChI is InChI=1S/C29H33N5O3.C21H23N3O3.C8H11ClN2O/c1-18-13-19(2)32-29(36)26(18)16-31-28(35)25-15-24-14-23(22-5-7-30-8-6-22)17-34(24)27(20(25)3)21(4)33-9-11-37-12-10-33;1-14-19(21(25)26)12-18-11-17(16-3-5-22-6-4-16)13-24(18)20(14)15(2)23-7-9-27-10-8-23;1-5-3-6(2)11-8(12)7(5)4-10-9/h5-8,13-15,17,21H,9-12,16H2,1-4H3,(H,31,35)(H,32,36);3-6,11-13,15H,7-10H2,1-2H3,(H,25,26);3,10H,4H2,1-2H3,(H,11,12). The van der Waals surface area contributed by atoms with E-state index in [9.17, 15) is 24.3 Å². The van der Waals surface area contributed by atoms with Gasteiger partial charge >= 0.3 is 5.97 Å². The molecule has 8 aromatic rings. The van der Waals surface area contributed by atoms with Crippen molar-refractivity contribution in [1.29, 1.82) is 0 Å². The summed E-state index contributed by atoms with van der Waals surface area (Å²) in [6, 6.07) is 19.8. The SMILES string of the molecule is Cc1c(C(=O)O)cc2cc(-c3ccncc3)cn2c1C(C)N1CCOCC1.Cc1cc(C)c(CNC(=O)c2cc3cc(-c4ccncc4)cn3c(C(C)N3CCOCC3)c2C)c(=O)[nH]1.Cc1cc(C)c(CNCl)c(=O)[nH]1. The minimum atomic E-state index is -0.892. The molecule has 0 bridgehead atoms. The number of hydrogen-bond acceptors (Lipinski definition) is 11. The van der Waals surface area contributed by atoms with E-state index in [0.717, 1.165) is 104 Å². The molecule has 2 aliphatic rings. The number of rotatable bonds is 12. The van der Waals surface area contributed by atoms with Gasteiger partial charge in [0.15, 0.2) is 0 Å². The summed E-state index contributed by atoms with van der Waals surface area (Å²) in [6.45, 7) is 22.5. The van der Waals surface area contributed by atoms with E-state index < -0.39 is 5.97 Å². The van der Waals surface area contributed by atoms with Crippen LogP contribution in [-0.4, -0.2) is 108 Å². The molecule has 17 nitrogen and oxygen atoms in total. The zero-order valence-electron chi connectivity index (χ0n) is 44.4. The van der Waals surface area contributed by atoms with E-state index in [-0.39, 0.29) is 35.7 Å². The van der Waals surface area contributed by atoms with Crippen molar-refractivity contribution in [2.45, 2.75) is 80.6 Å². The maximum Gasteiger partial charge on any atom is 0.336 e. The number of pyridine rings is 6. The maximum absolute atomic E-state index is 13.5. The Kier molecular flexibility index (Phi) is 17.8. The van der Waals surface area contributed by atoms with Gasteiger partial charge < -0.3 is 38.7 Å². The number of nitrogens with zero attached hydrogens (tertiary/aromatic N) is 6. The molecule has 0 aliphatic carbocycles. The lowest BCUT2D eigenvalue weighted by Gasteiger charge is -2.34. The number of nitrogens with one attached hydrogen (secondary N) is 4. The molecule has 76 heavy (non-hydrogen) atoms. The highest BCUT2D eigenvalue weighted by atomic mass is 35.5. The second-order valence-corrected chi connectivity index (χ2v) is 19.8. The lowest BCUT2D eigenvalue weighted by molar-refractivity contribution is 0.0186. The molecule has 10 rings (SSSR count). The maximum atomic E-state index is 13.5. The van der Waals surface area contributed by atoms with Gasteiger partial charge in [-0.25, -0.2) is 9.63 Å². The number of ether oxygens (including phenoxy) is 2. The number of aromatic carboxylic acids is 1. The normalized spacial score (nSPS) is 14.9. The van der Waals surface area contributed by atoms with Gasteiger partial charge in [0.05, 0.1) is 32.0 Å². The van der Waals surface area contributed by atoms with Crippen molar-refractivity contribution in [1.82, 2.24) is 48.7 Å². The summed E-state index contributed by atoms with van der Waals surface area (Å²) in [7, 11) is 0. The van der Waals surface area contributed by atoms with Crippen LogP contribution in [0.25, 0.3) is 33.3 Å². The third kappa shape index (κ3) is 12.4. The topological polar surface area (TPSA) is 204 Å². The number of carboxylic acids is 1. The third-order valence-electron chi connectivity index (χ3n) is 14.5. The Morgan fingerprint density at radius 2 is 1.03 bits per heavy atom. The van der Waals surface area contributed by atoms with Crippen LogP contribution in [0.2, 0.25) is 0 Å². The zero-order chi connectivity index (χ0) is 54.2. The number of aromatic amines is 2. The predicted molar refractivity (Wildman–Crippen MR) is 296 cm³/mol. The number of carbonyl (C=O) groups excluding carboxylic acids is 1. The van der Waals surface area contributed by atoms with Crippen molar-refractivity contribution in [3.8, 4) is 22.3 Å². The molecule has 0 aromatic carbocycles. The van der Waals surface area contributed by atoms with Gasteiger partial charge in [-0.2, -0.15) is 0 Å². The molecule has 18 heteroatoms. The fourth-order valence-corrected chi connectivity index (χ4v) is 10.6. The van der Waals surface area contributed by atoms with Gasteiger partial charge in [-0.15, -0.1) is 0 Å². The van der Waals surface area contributed by atoms with Crippen LogP contribution in [-0.2, 0) is 22.6 Å². The van der Waals surface area contributed by atoms with Crippen LogP contribution in [0, 0.1) is 41.5 Å². The molecule has 1 amide bonds. The summed E-state index contributed by atoms with van der Waals surface area (Å²) in [5.41, 5.74) is 15.4. The van der Waals surface area contributed by atoms with Gasteiger partial charge in [0.2, 0.25) is 0 Å². The Balaban J connectivity index is 0.000000171. The number of aryl methyl sites for hydroxylation is 4. The van der Waals surface area contributed by atoms with Crippen molar-refractivity contribution < 1.29 is 24.2 Å². The summed E-state index contributed by atoms with van der Waals surface area (Å²) in [4.78, 5) is 70.1. The first kappa shape index (κ1) is 55.0. The quantitative estimate of drug-likeness (QED) is 0.0731. The first-order valence-electron chi connectivity index (χ1n) is 25.5. The van der Waals surface area contributed by atoms with Crippen LogP contribution in [0.3, 0.4) is 0 Å². The van der Waals surface area contributed by atoms with E-state index in [1.54, 1.807) is 30.9 Å². The second kappa shape index (κ2) is 24.6. The Labute approximate surface area is 447 Å². The number of halogens is 1. The van der Waals surface area contributed by atoms with Crippen LogP contribution in [0.5, 0.6) is 0 Å². The Morgan fingerprint density at radius 3 is 1.43 bits per heavy atom. The lowest BCUT2D eigenvalue weighted by Crippen LogP contribution is -2.39. The van der Waals surface area contributed by atoms with E-state index in [4.69, 9.17) is 21.3 Å². The number of H-pyrrole nitrogens is 2. The van der Waals surface area contributed by atoms with E-state index >= 15 is 0 Å². The van der Waals surface area contributed by atoms with Crippen molar-refractivity contribution >= 4 is 34.7 Å². The van der Waals surface area contributed by atoms with Crippen LogP contribution < -0.4 is 21.3 Å². The molecule has 2 atom stereocenters. The van der Waals surface area contributed by atoms with Gasteiger partial charge in [-0.1, -0.05) is 0 Å². The van der Waals surface area contributed by atoms with E-state index in [1.165, 1.54) is 0 Å². The van der Waals surface area contributed by atoms with Crippen molar-refractivity contribution in [3.05, 3.63) is 186 Å². The number of carbonyl (C=O) groups is 2. The molecule has 2 fully saturated rings. The molecule has 8 aromatic heterocycles. The summed E-state index contributed by atoms with van der Waals surface area (Å²) >= 11 is 5.32. The summed E-state index contributed by atoms with van der Waals surface area (Å²) in [5.74, 6) is -1.08. The Hall–Kier alpha value is -7.25. The van der Waals surface area contributed by atoms with Crippen LogP contribution in [0.1, 0.15) is 103 Å². The number of amides is 1. The highest BCUT2D eigenvalue weighted by Crippen LogP contribution is 2.34. The smallest absolute Gasteiger partial charge is 0.336 e. The van der Waals surface area contributed by atoms with E-state index in [2.05, 4.69) is 81.0 Å². The van der Waals surface area contributed by atoms with E-state index in [1.807, 2.05) is 90.1 Å². The molecule has 10 heterocycles. The fourth-order valence-electron chi connectivity index (χ4n) is 10.4. The summed E-state index contributed by atoms with van der Waals surface area (Å²) in [5, 5.41) is 12.7. The van der Waals surface area contributed by atoms with E-state index in [0.29, 0.717) is 55.2 Å². The first-order valence-corrected chi connectivity index (χ1v) is 25.9. The predicted octanol–water partition coefficient (Wildman–Crippen LogP) is 8.57. The zero-order valence-corrected chi connectivity index (χ0v) is 45.2. The number of fused-ring (bicyclic) bond motifs is 2. The Morgan fingerprint density at radius 1 is 0.618 bits per heavy atom. The average Bonchev–Trinajstić information content (AvgIpc) is 4.09. The molecule has 0 radical (unpaired) electrons. The molecule has 0 saturated carbocycles. The average molecular weight is 1050 g/mol. The van der Waals surface area contributed by atoms with Gasteiger partial charge in [0.25, 0.3) is 17.0 Å². The molecular weight excluding hydrogens is 984 g/mol. The first-order chi connectivity index (χ1) is 36.5. The van der Waals surface area contributed by atoms with Crippen molar-refractivity contribution in [3.63, 3.8) is 0 Å². The number of hydrogen-bond donors (Lipinski definition) is 5. The number of carboxylic acid groups (broad SMARTS) is 1.